The molecule has 0 aliphatic carbocycles. The van der Waals surface area contributed by atoms with Crippen LogP contribution in [-0.2, 0) is 55.4 Å². The number of hydrogen-bond acceptors (Lipinski definition) is 12. The minimum absolute atomic E-state index is 0.0254. The Hall–Kier alpha value is -6.22. The first-order valence-electron chi connectivity index (χ1n) is 19.6. The normalized spacial score (nSPS) is 17.5. The number of nitrogens with zero attached hydrogens (tertiary/aromatic N) is 6. The number of rotatable bonds is 17. The number of carbonyl (C=O) groups excluding carboxylic acids is 4. The molecule has 17 nitrogen and oxygen atoms in total. The minimum atomic E-state index is -4.72. The number of nitrogens with one attached hydrogen (secondary N) is 3. The van der Waals surface area contributed by atoms with Crippen LogP contribution in [0.5, 0.6) is 0 Å². The summed E-state index contributed by atoms with van der Waals surface area (Å²) in [5, 5.41) is 16.5. The maximum atomic E-state index is 14.4. The summed E-state index contributed by atoms with van der Waals surface area (Å²) in [7, 11) is 1.85. The molecule has 0 spiro atoms. The number of ether oxygens (including phenoxy) is 3. The lowest BCUT2D eigenvalue weighted by molar-refractivity contribution is -0.137. The van der Waals surface area contributed by atoms with Crippen molar-refractivity contribution in [2.45, 2.75) is 43.4 Å². The third-order valence-corrected chi connectivity index (χ3v) is 11.1. The zero-order valence-corrected chi connectivity index (χ0v) is 33.0. The molecule has 6 heterocycles. The minimum Gasteiger partial charge on any atom is -0.382 e. The number of alkyl halides is 3. The quantitative estimate of drug-likeness (QED) is 0.0917. The highest BCUT2D eigenvalue weighted by atomic mass is 19.4. The van der Waals surface area contributed by atoms with Crippen LogP contribution >= 0.6 is 0 Å². The third kappa shape index (κ3) is 8.30. The molecule has 2 saturated heterocycles. The van der Waals surface area contributed by atoms with Gasteiger partial charge in [0.1, 0.15) is 18.2 Å². The maximum Gasteiger partial charge on any atom is 0.418 e. The van der Waals surface area contributed by atoms with E-state index in [4.69, 9.17) is 14.2 Å². The summed E-state index contributed by atoms with van der Waals surface area (Å²) in [5.74, 6) is -1.58. The molecule has 5 aromatic rings. The fourth-order valence-corrected chi connectivity index (χ4v) is 7.85. The van der Waals surface area contributed by atoms with Crippen molar-refractivity contribution in [1.82, 2.24) is 39.3 Å². The molecule has 8 rings (SSSR count). The number of amides is 4. The van der Waals surface area contributed by atoms with Gasteiger partial charge >= 0.3 is 11.9 Å². The smallest absolute Gasteiger partial charge is 0.382 e. The first kappa shape index (κ1) is 41.5. The van der Waals surface area contributed by atoms with E-state index in [0.29, 0.717) is 44.1 Å². The van der Waals surface area contributed by atoms with E-state index in [1.54, 1.807) is 30.6 Å². The number of anilines is 1. The number of benzene rings is 2. The second-order valence-corrected chi connectivity index (χ2v) is 15.2. The molecule has 4 amide bonds. The average molecular weight is 846 g/mol. The van der Waals surface area contributed by atoms with Crippen LogP contribution in [0.15, 0.2) is 72.0 Å². The van der Waals surface area contributed by atoms with Gasteiger partial charge in [-0.15, -0.1) is 10.2 Å². The van der Waals surface area contributed by atoms with Crippen molar-refractivity contribution >= 4 is 34.8 Å². The molecule has 3 aromatic heterocycles. The second kappa shape index (κ2) is 17.0. The second-order valence-electron chi connectivity index (χ2n) is 15.2. The van der Waals surface area contributed by atoms with Crippen LogP contribution in [0.2, 0.25) is 0 Å². The van der Waals surface area contributed by atoms with Gasteiger partial charge in [0.05, 0.1) is 67.5 Å². The van der Waals surface area contributed by atoms with E-state index in [2.05, 4.69) is 26.1 Å². The van der Waals surface area contributed by atoms with Gasteiger partial charge in [-0.2, -0.15) is 13.2 Å². The Morgan fingerprint density at radius 1 is 0.951 bits per heavy atom. The molecule has 2 aromatic carbocycles. The maximum absolute atomic E-state index is 14.4. The van der Waals surface area contributed by atoms with Gasteiger partial charge in [0.15, 0.2) is 0 Å². The number of aryl methyl sites for hydroxylation is 1. The summed E-state index contributed by atoms with van der Waals surface area (Å²) < 4.78 is 64.0. The molecular formula is C41H42F3N9O8. The summed E-state index contributed by atoms with van der Waals surface area (Å²) in [6.07, 6.45) is 0.138. The molecule has 1 unspecified atom stereocenters. The van der Waals surface area contributed by atoms with E-state index in [1.807, 2.05) is 23.7 Å². The molecule has 0 saturated carbocycles. The summed E-state index contributed by atoms with van der Waals surface area (Å²) in [5.41, 5.74) is 0.0308. The summed E-state index contributed by atoms with van der Waals surface area (Å²) in [4.78, 5) is 64.8. The van der Waals surface area contributed by atoms with Gasteiger partial charge in [-0.05, 0) is 47.9 Å². The molecule has 1 atom stereocenters. The number of imidazole rings is 1. The highest BCUT2D eigenvalue weighted by molar-refractivity contribution is 6.25. The van der Waals surface area contributed by atoms with Crippen LogP contribution in [0.25, 0.3) is 11.2 Å². The monoisotopic (exact) mass is 845 g/mol. The molecule has 3 aliphatic heterocycles. The fraction of sp³-hybridized carbons (Fsp3) is 0.390. The lowest BCUT2D eigenvalue weighted by Crippen LogP contribution is -2.54. The molecule has 61 heavy (non-hydrogen) atoms. The molecule has 20 heteroatoms. The Morgan fingerprint density at radius 2 is 1.72 bits per heavy atom. The number of imide groups is 2. The molecule has 0 bridgehead atoms. The number of fused-ring (bicyclic) bond motifs is 2. The SMILES string of the molecule is Cn1cnnc1CC1(c2cccc(-n3cc4c(C(F)(F)F)cc(CNCCOCCOCCNc5cccc6c5C(=O)N(C5CCC(=O)NC5=O)C6=O)cn4c3=O)c2)COC1. The lowest BCUT2D eigenvalue weighted by atomic mass is 9.75. The van der Waals surface area contributed by atoms with Crippen molar-refractivity contribution in [2.75, 3.05) is 58.0 Å². The Balaban J connectivity index is 0.809. The van der Waals surface area contributed by atoms with E-state index >= 15 is 0 Å². The zero-order chi connectivity index (χ0) is 42.9. The number of halogens is 3. The zero-order valence-electron chi connectivity index (χ0n) is 33.0. The number of piperidine rings is 1. The van der Waals surface area contributed by atoms with E-state index in [-0.39, 0.29) is 68.0 Å². The number of hydrogen-bond donors (Lipinski definition) is 3. The van der Waals surface area contributed by atoms with Crippen LogP contribution in [0.1, 0.15) is 56.1 Å². The molecule has 3 aliphatic rings. The van der Waals surface area contributed by atoms with Gasteiger partial charge in [-0.1, -0.05) is 18.2 Å². The van der Waals surface area contributed by atoms with E-state index in [0.717, 1.165) is 26.8 Å². The van der Waals surface area contributed by atoms with E-state index < -0.39 is 52.5 Å². The predicted octanol–water partition coefficient (Wildman–Crippen LogP) is 2.38. The Kier molecular flexibility index (Phi) is 11.6. The van der Waals surface area contributed by atoms with Crippen molar-refractivity contribution in [3.05, 3.63) is 111 Å². The lowest BCUT2D eigenvalue weighted by Gasteiger charge is -2.41. The van der Waals surface area contributed by atoms with Crippen molar-refractivity contribution in [3.8, 4) is 5.69 Å². The van der Waals surface area contributed by atoms with Gasteiger partial charge < -0.3 is 29.4 Å². The van der Waals surface area contributed by atoms with Crippen LogP contribution in [0, 0.1) is 0 Å². The van der Waals surface area contributed by atoms with Gasteiger partial charge in [-0.25, -0.2) is 4.79 Å². The van der Waals surface area contributed by atoms with Crippen LogP contribution in [0.4, 0.5) is 18.9 Å². The summed E-state index contributed by atoms with van der Waals surface area (Å²) in [6.45, 7) is 2.44. The third-order valence-electron chi connectivity index (χ3n) is 11.1. The van der Waals surface area contributed by atoms with Gasteiger partial charge in [0.2, 0.25) is 11.8 Å². The highest BCUT2D eigenvalue weighted by Gasteiger charge is 2.46. The molecule has 3 N–H and O–H groups in total. The largest absolute Gasteiger partial charge is 0.418 e. The predicted molar refractivity (Wildman–Crippen MR) is 210 cm³/mol. The van der Waals surface area contributed by atoms with Crippen molar-refractivity contribution in [1.29, 1.82) is 0 Å². The molecule has 320 valence electrons. The molecule has 0 radical (unpaired) electrons. The van der Waals surface area contributed by atoms with E-state index in [9.17, 15) is 37.1 Å². The summed E-state index contributed by atoms with van der Waals surface area (Å²) >= 11 is 0. The fourth-order valence-electron chi connectivity index (χ4n) is 7.85. The first-order valence-corrected chi connectivity index (χ1v) is 19.6. The van der Waals surface area contributed by atoms with Crippen molar-refractivity contribution in [3.63, 3.8) is 0 Å². The molecular weight excluding hydrogens is 803 g/mol. The Bertz CT molecular complexity index is 2560. The van der Waals surface area contributed by atoms with Gasteiger partial charge in [0.25, 0.3) is 11.8 Å². The van der Waals surface area contributed by atoms with Crippen LogP contribution in [0.3, 0.4) is 0 Å². The Morgan fingerprint density at radius 3 is 2.43 bits per heavy atom. The van der Waals surface area contributed by atoms with E-state index in [1.165, 1.54) is 23.0 Å². The van der Waals surface area contributed by atoms with Crippen LogP contribution in [-0.4, -0.2) is 111 Å². The number of pyridine rings is 1. The highest BCUT2D eigenvalue weighted by Crippen LogP contribution is 2.37. The van der Waals surface area contributed by atoms with Crippen LogP contribution < -0.4 is 21.6 Å². The van der Waals surface area contributed by atoms with Gasteiger partial charge in [-0.3, -0.25) is 38.4 Å². The van der Waals surface area contributed by atoms with Crippen molar-refractivity contribution in [2.24, 2.45) is 7.05 Å². The standard InChI is InChI=1S/C41H42F3N9O8/c1-50-24-47-49-33(50)18-40(22-61-23-40)26-4-2-5-27(17-26)51-21-32-29(41(42,43)44)16-25(20-52(32)39(51)58)19-45-10-12-59-14-15-60-13-11-46-30-7-3-6-28-35(30)38(57)53(37(28)56)31-8-9-34(54)48-36(31)55/h2-7,16-17,20-21,24,31,45-46H,8-15,18-19,22-23H2,1H3,(H,48,54,55). The molecule has 2 fully saturated rings. The number of aromatic nitrogens is 5. The topological polar surface area (TPSA) is 192 Å². The van der Waals surface area contributed by atoms with Crippen molar-refractivity contribution < 1.29 is 46.6 Å². The van der Waals surface area contributed by atoms with Gasteiger partial charge in [0, 0.05) is 63.0 Å². The first-order chi connectivity index (χ1) is 29.3. The Labute approximate surface area is 345 Å². The summed E-state index contributed by atoms with van der Waals surface area (Å²) in [6, 6.07) is 11.9. The number of carbonyl (C=O) groups is 4. The average Bonchev–Trinajstić information content (AvgIpc) is 3.86.